The van der Waals surface area contributed by atoms with Crippen molar-refractivity contribution in [1.82, 2.24) is 10.6 Å². The number of carbonyl (C=O) groups excluding carboxylic acids is 1. The summed E-state index contributed by atoms with van der Waals surface area (Å²) in [6.45, 7) is 5.24. The highest BCUT2D eigenvalue weighted by Gasteiger charge is 2.29. The molecule has 1 saturated heterocycles. The summed E-state index contributed by atoms with van der Waals surface area (Å²) in [4.78, 5) is 11.0. The van der Waals surface area contributed by atoms with Crippen molar-refractivity contribution in [3.63, 3.8) is 0 Å². The first-order chi connectivity index (χ1) is 4.13. The van der Waals surface area contributed by atoms with E-state index in [1.165, 1.54) is 0 Å². The predicted octanol–water partition coefficient (Wildman–Crippen LogP) is -0.311. The number of carbonyl (C=O) groups is 1. The highest BCUT2D eigenvalue weighted by Crippen LogP contribution is 2.14. The van der Waals surface area contributed by atoms with Crippen LogP contribution < -0.4 is 10.6 Å². The van der Waals surface area contributed by atoms with Crippen LogP contribution in [0.5, 0.6) is 0 Å². The van der Waals surface area contributed by atoms with Crippen molar-refractivity contribution >= 4 is 5.91 Å². The molecule has 1 aliphatic rings. The van der Waals surface area contributed by atoms with Gasteiger partial charge in [0.25, 0.3) is 0 Å². The molecule has 0 aromatic carbocycles. The van der Waals surface area contributed by atoms with Crippen LogP contribution >= 0.6 is 0 Å². The maximum Gasteiger partial charge on any atom is 0.227 e. The topological polar surface area (TPSA) is 41.1 Å². The molecular weight excluding hydrogens is 116 g/mol. The van der Waals surface area contributed by atoms with Gasteiger partial charge in [-0.1, -0.05) is 0 Å². The van der Waals surface area contributed by atoms with Crippen LogP contribution in [0.3, 0.4) is 0 Å². The SMILES string of the molecule is CC1(C)CNCNC1=O. The van der Waals surface area contributed by atoms with Crippen molar-refractivity contribution in [3.8, 4) is 0 Å². The smallest absolute Gasteiger partial charge is 0.227 e. The minimum absolute atomic E-state index is 0.140. The van der Waals surface area contributed by atoms with Gasteiger partial charge in [-0.05, 0) is 13.8 Å². The van der Waals surface area contributed by atoms with Gasteiger partial charge in [-0.3, -0.25) is 10.1 Å². The molecule has 52 valence electrons. The Morgan fingerprint density at radius 3 is 2.56 bits per heavy atom. The zero-order valence-electron chi connectivity index (χ0n) is 5.82. The normalized spacial score (nSPS) is 25.3. The lowest BCUT2D eigenvalue weighted by Crippen LogP contribution is -2.53. The molecule has 3 nitrogen and oxygen atoms in total. The summed E-state index contributed by atoms with van der Waals surface area (Å²) in [6.07, 6.45) is 0. The van der Waals surface area contributed by atoms with Gasteiger partial charge in [-0.25, -0.2) is 0 Å². The van der Waals surface area contributed by atoms with Gasteiger partial charge in [0.15, 0.2) is 0 Å². The molecule has 0 spiro atoms. The second-order valence-electron chi connectivity index (χ2n) is 2.99. The van der Waals surface area contributed by atoms with Crippen LogP contribution in [0.25, 0.3) is 0 Å². The Labute approximate surface area is 54.8 Å². The molecule has 0 bridgehead atoms. The van der Waals surface area contributed by atoms with Crippen LogP contribution in [-0.2, 0) is 4.79 Å². The molecule has 1 aliphatic heterocycles. The van der Waals surface area contributed by atoms with Crippen molar-refractivity contribution in [2.24, 2.45) is 5.41 Å². The van der Waals surface area contributed by atoms with Crippen molar-refractivity contribution in [2.75, 3.05) is 13.2 Å². The Kier molecular flexibility index (Phi) is 1.45. The summed E-state index contributed by atoms with van der Waals surface area (Å²) < 4.78 is 0. The molecule has 1 amide bonds. The summed E-state index contributed by atoms with van der Waals surface area (Å²) in [7, 11) is 0. The van der Waals surface area contributed by atoms with Gasteiger partial charge in [-0.2, -0.15) is 0 Å². The first kappa shape index (κ1) is 6.55. The minimum atomic E-state index is -0.224. The van der Waals surface area contributed by atoms with Gasteiger partial charge < -0.3 is 5.32 Å². The second kappa shape index (κ2) is 1.99. The highest BCUT2D eigenvalue weighted by molar-refractivity contribution is 5.82. The third-order valence-corrected chi connectivity index (χ3v) is 1.56. The zero-order valence-corrected chi connectivity index (χ0v) is 5.82. The van der Waals surface area contributed by atoms with E-state index >= 15 is 0 Å². The van der Waals surface area contributed by atoms with Crippen molar-refractivity contribution < 1.29 is 4.79 Å². The van der Waals surface area contributed by atoms with Crippen LogP contribution in [0.4, 0.5) is 0 Å². The molecule has 0 saturated carbocycles. The second-order valence-corrected chi connectivity index (χ2v) is 2.99. The van der Waals surface area contributed by atoms with Crippen molar-refractivity contribution in [1.29, 1.82) is 0 Å². The lowest BCUT2D eigenvalue weighted by molar-refractivity contribution is -0.131. The monoisotopic (exact) mass is 128 g/mol. The quantitative estimate of drug-likeness (QED) is 0.470. The van der Waals surface area contributed by atoms with Crippen LogP contribution in [0.15, 0.2) is 0 Å². The largest absolute Gasteiger partial charge is 0.343 e. The third kappa shape index (κ3) is 1.21. The van der Waals surface area contributed by atoms with Crippen molar-refractivity contribution in [3.05, 3.63) is 0 Å². The summed E-state index contributed by atoms with van der Waals surface area (Å²) in [6, 6.07) is 0. The van der Waals surface area contributed by atoms with E-state index in [1.807, 2.05) is 13.8 Å². The fourth-order valence-corrected chi connectivity index (χ4v) is 0.837. The molecule has 1 fully saturated rings. The van der Waals surface area contributed by atoms with Crippen LogP contribution in [0.1, 0.15) is 13.8 Å². The molecule has 2 N–H and O–H groups in total. The maximum absolute atomic E-state index is 11.0. The average Bonchev–Trinajstić information content (AvgIpc) is 1.77. The lowest BCUT2D eigenvalue weighted by Gasteiger charge is -2.28. The van der Waals surface area contributed by atoms with Crippen molar-refractivity contribution in [2.45, 2.75) is 13.8 Å². The van der Waals surface area contributed by atoms with E-state index in [0.717, 1.165) is 6.54 Å². The molecule has 9 heavy (non-hydrogen) atoms. The Balaban J connectivity index is 2.60. The molecule has 1 heterocycles. The van der Waals surface area contributed by atoms with E-state index in [2.05, 4.69) is 10.6 Å². The zero-order chi connectivity index (χ0) is 6.91. The van der Waals surface area contributed by atoms with Gasteiger partial charge in [0.1, 0.15) is 0 Å². The Morgan fingerprint density at radius 2 is 2.22 bits per heavy atom. The Hall–Kier alpha value is -0.570. The van der Waals surface area contributed by atoms with E-state index in [4.69, 9.17) is 0 Å². The van der Waals surface area contributed by atoms with Gasteiger partial charge in [0, 0.05) is 6.54 Å². The third-order valence-electron chi connectivity index (χ3n) is 1.56. The summed E-state index contributed by atoms with van der Waals surface area (Å²) in [5.41, 5.74) is -0.224. The molecule has 0 atom stereocenters. The highest BCUT2D eigenvalue weighted by atomic mass is 16.2. The molecular formula is C6H12N2O. The van der Waals surface area contributed by atoms with Crippen LogP contribution in [0, 0.1) is 5.41 Å². The molecule has 0 aromatic heterocycles. The van der Waals surface area contributed by atoms with Gasteiger partial charge in [0.05, 0.1) is 12.1 Å². The lowest BCUT2D eigenvalue weighted by atomic mass is 9.91. The molecule has 0 aromatic rings. The fraction of sp³-hybridized carbons (Fsp3) is 0.833. The summed E-state index contributed by atoms with van der Waals surface area (Å²) in [5, 5.41) is 5.80. The first-order valence-electron chi connectivity index (χ1n) is 3.12. The standard InChI is InChI=1S/C6H12N2O/c1-6(2)3-7-4-8-5(6)9/h7H,3-4H2,1-2H3,(H,8,9). The van der Waals surface area contributed by atoms with Gasteiger partial charge >= 0.3 is 0 Å². The number of hydrogen-bond donors (Lipinski definition) is 2. The minimum Gasteiger partial charge on any atom is -0.343 e. The Morgan fingerprint density at radius 1 is 1.56 bits per heavy atom. The summed E-state index contributed by atoms with van der Waals surface area (Å²) >= 11 is 0. The van der Waals surface area contributed by atoms with E-state index in [9.17, 15) is 4.79 Å². The van der Waals surface area contributed by atoms with Crippen LogP contribution in [0.2, 0.25) is 0 Å². The average molecular weight is 128 g/mol. The van der Waals surface area contributed by atoms with E-state index in [0.29, 0.717) is 6.67 Å². The molecule has 3 heteroatoms. The van der Waals surface area contributed by atoms with E-state index in [-0.39, 0.29) is 11.3 Å². The number of hydrogen-bond acceptors (Lipinski definition) is 2. The molecule has 0 radical (unpaired) electrons. The van der Waals surface area contributed by atoms with Crippen LogP contribution in [-0.4, -0.2) is 19.1 Å². The number of nitrogens with one attached hydrogen (secondary N) is 2. The molecule has 0 aliphatic carbocycles. The maximum atomic E-state index is 11.0. The van der Waals surface area contributed by atoms with Gasteiger partial charge in [0.2, 0.25) is 5.91 Å². The first-order valence-corrected chi connectivity index (χ1v) is 3.12. The van der Waals surface area contributed by atoms with E-state index in [1.54, 1.807) is 0 Å². The number of amides is 1. The molecule has 1 rings (SSSR count). The van der Waals surface area contributed by atoms with E-state index < -0.39 is 0 Å². The van der Waals surface area contributed by atoms with Gasteiger partial charge in [-0.15, -0.1) is 0 Å². The Bertz CT molecular complexity index is 131. The summed E-state index contributed by atoms with van der Waals surface area (Å²) in [5.74, 6) is 0.140. The molecule has 0 unspecified atom stereocenters. The fourth-order valence-electron chi connectivity index (χ4n) is 0.837. The predicted molar refractivity (Wildman–Crippen MR) is 34.8 cm³/mol. The number of rotatable bonds is 0.